The van der Waals surface area contributed by atoms with Crippen LogP contribution in [0.1, 0.15) is 57.4 Å². The summed E-state index contributed by atoms with van der Waals surface area (Å²) in [6, 6.07) is 21.6. The van der Waals surface area contributed by atoms with E-state index in [-0.39, 0.29) is 23.8 Å². The monoisotopic (exact) mass is 488 g/mol. The van der Waals surface area contributed by atoms with E-state index in [1.54, 1.807) is 93.6 Å². The lowest BCUT2D eigenvalue weighted by Crippen LogP contribution is -2.32. The molecule has 3 aromatic rings. The first-order valence-electron chi connectivity index (χ1n) is 11.3. The predicted octanol–water partition coefficient (Wildman–Crippen LogP) is 5.00. The zero-order valence-electron chi connectivity index (χ0n) is 20.4. The molecule has 0 heterocycles. The lowest BCUT2D eigenvalue weighted by atomic mass is 10.1. The van der Waals surface area contributed by atoms with Crippen LogP contribution in [0.4, 0.5) is 10.5 Å². The summed E-state index contributed by atoms with van der Waals surface area (Å²) in [5, 5.41) is 5.40. The number of alkyl carbamates (subject to hydrolysis) is 1. The molecule has 8 heteroatoms. The zero-order chi connectivity index (χ0) is 26.1. The standard InChI is InChI=1S/C28H28N2O6/c1-28(2,3)36-27(34)29-17-19-9-11-22(12-10-19)26(33)35-18-24(31)20-13-15-23(16-14-20)30-25(32)21-7-5-4-6-8-21/h4-16H,17-18H2,1-3H3,(H,29,34)(H,30,32). The molecule has 0 aliphatic heterocycles. The number of hydrogen-bond acceptors (Lipinski definition) is 6. The third kappa shape index (κ3) is 8.09. The maximum atomic E-state index is 12.4. The van der Waals surface area contributed by atoms with Crippen molar-refractivity contribution in [2.45, 2.75) is 32.9 Å². The minimum absolute atomic E-state index is 0.241. The maximum Gasteiger partial charge on any atom is 0.407 e. The highest BCUT2D eigenvalue weighted by Gasteiger charge is 2.16. The Balaban J connectivity index is 1.46. The topological polar surface area (TPSA) is 111 Å². The molecule has 0 saturated carbocycles. The van der Waals surface area contributed by atoms with Gasteiger partial charge in [0.2, 0.25) is 0 Å². The molecule has 0 bridgehead atoms. The Morgan fingerprint density at radius 3 is 1.97 bits per heavy atom. The Morgan fingerprint density at radius 2 is 1.36 bits per heavy atom. The van der Waals surface area contributed by atoms with Crippen molar-refractivity contribution in [3.63, 3.8) is 0 Å². The summed E-state index contributed by atoms with van der Waals surface area (Å²) in [5.74, 6) is -1.26. The third-order valence-corrected chi connectivity index (χ3v) is 4.86. The Morgan fingerprint density at radius 1 is 0.750 bits per heavy atom. The molecule has 0 aliphatic carbocycles. The van der Waals surface area contributed by atoms with Crippen molar-refractivity contribution in [2.24, 2.45) is 0 Å². The number of nitrogens with one attached hydrogen (secondary N) is 2. The number of esters is 1. The van der Waals surface area contributed by atoms with Crippen LogP contribution in [-0.2, 0) is 16.0 Å². The summed E-state index contributed by atoms with van der Waals surface area (Å²) in [6.45, 7) is 5.15. The number of anilines is 1. The molecule has 0 atom stereocenters. The highest BCUT2D eigenvalue weighted by Crippen LogP contribution is 2.13. The van der Waals surface area contributed by atoms with Gasteiger partial charge in [-0.2, -0.15) is 0 Å². The molecule has 2 amide bonds. The van der Waals surface area contributed by atoms with Gasteiger partial charge in [0.25, 0.3) is 5.91 Å². The van der Waals surface area contributed by atoms with Crippen molar-refractivity contribution in [1.29, 1.82) is 0 Å². The molecule has 186 valence electrons. The fraction of sp³-hybridized carbons (Fsp3) is 0.214. The quantitative estimate of drug-likeness (QED) is 0.341. The summed E-state index contributed by atoms with van der Waals surface area (Å²) in [6.07, 6.45) is -0.531. The van der Waals surface area contributed by atoms with E-state index in [4.69, 9.17) is 9.47 Å². The molecular weight excluding hydrogens is 460 g/mol. The van der Waals surface area contributed by atoms with Gasteiger partial charge in [0.15, 0.2) is 12.4 Å². The van der Waals surface area contributed by atoms with Crippen molar-refractivity contribution in [1.82, 2.24) is 5.32 Å². The molecule has 36 heavy (non-hydrogen) atoms. The average Bonchev–Trinajstić information content (AvgIpc) is 2.86. The molecule has 3 aromatic carbocycles. The van der Waals surface area contributed by atoms with Crippen LogP contribution in [0.15, 0.2) is 78.9 Å². The van der Waals surface area contributed by atoms with Gasteiger partial charge < -0.3 is 20.1 Å². The molecule has 0 spiro atoms. The second kappa shape index (κ2) is 11.8. The van der Waals surface area contributed by atoms with E-state index in [0.717, 1.165) is 5.56 Å². The fourth-order valence-electron chi connectivity index (χ4n) is 3.08. The highest BCUT2D eigenvalue weighted by atomic mass is 16.6. The van der Waals surface area contributed by atoms with E-state index < -0.39 is 24.3 Å². The van der Waals surface area contributed by atoms with Crippen LogP contribution in [-0.4, -0.2) is 36.0 Å². The molecule has 0 aromatic heterocycles. The van der Waals surface area contributed by atoms with Gasteiger partial charge in [-0.05, 0) is 74.9 Å². The van der Waals surface area contributed by atoms with Crippen LogP contribution >= 0.6 is 0 Å². The zero-order valence-corrected chi connectivity index (χ0v) is 20.4. The Hall–Kier alpha value is -4.46. The maximum absolute atomic E-state index is 12.4. The SMILES string of the molecule is CC(C)(C)OC(=O)NCc1ccc(C(=O)OCC(=O)c2ccc(NC(=O)c3ccccc3)cc2)cc1. The van der Waals surface area contributed by atoms with Crippen LogP contribution in [0.2, 0.25) is 0 Å². The number of benzene rings is 3. The van der Waals surface area contributed by atoms with Crippen molar-refractivity contribution in [3.05, 3.63) is 101 Å². The highest BCUT2D eigenvalue weighted by molar-refractivity contribution is 6.05. The number of ketones is 1. The number of carbonyl (C=O) groups excluding carboxylic acids is 4. The summed E-state index contributed by atoms with van der Waals surface area (Å²) in [5.41, 5.74) is 1.88. The predicted molar refractivity (Wildman–Crippen MR) is 135 cm³/mol. The number of amides is 2. The summed E-state index contributed by atoms with van der Waals surface area (Å²) >= 11 is 0. The van der Waals surface area contributed by atoms with E-state index in [1.165, 1.54) is 0 Å². The number of Topliss-reactive ketones (excluding diaryl/α,β-unsaturated/α-hetero) is 1. The van der Waals surface area contributed by atoms with Gasteiger partial charge in [0.1, 0.15) is 5.60 Å². The first-order valence-corrected chi connectivity index (χ1v) is 11.3. The van der Waals surface area contributed by atoms with Gasteiger partial charge >= 0.3 is 12.1 Å². The molecule has 0 aliphatic rings. The second-order valence-electron chi connectivity index (χ2n) is 8.95. The van der Waals surface area contributed by atoms with Gasteiger partial charge in [0, 0.05) is 23.4 Å². The van der Waals surface area contributed by atoms with Crippen LogP contribution in [0.3, 0.4) is 0 Å². The molecular formula is C28H28N2O6. The Kier molecular flexibility index (Phi) is 8.57. The molecule has 2 N–H and O–H groups in total. The first-order chi connectivity index (χ1) is 17.1. The van der Waals surface area contributed by atoms with Crippen LogP contribution < -0.4 is 10.6 Å². The smallest absolute Gasteiger partial charge is 0.407 e. The van der Waals surface area contributed by atoms with Gasteiger partial charge in [0.05, 0.1) is 5.56 Å². The molecule has 0 radical (unpaired) electrons. The van der Waals surface area contributed by atoms with Crippen molar-refractivity contribution >= 4 is 29.4 Å². The average molecular weight is 489 g/mol. The van der Waals surface area contributed by atoms with Gasteiger partial charge in [-0.1, -0.05) is 30.3 Å². The van der Waals surface area contributed by atoms with Crippen LogP contribution in [0.25, 0.3) is 0 Å². The second-order valence-corrected chi connectivity index (χ2v) is 8.95. The largest absolute Gasteiger partial charge is 0.454 e. The Bertz CT molecular complexity index is 1210. The summed E-state index contributed by atoms with van der Waals surface area (Å²) in [7, 11) is 0. The van der Waals surface area contributed by atoms with E-state index in [1.807, 2.05) is 6.07 Å². The number of rotatable bonds is 8. The van der Waals surface area contributed by atoms with Gasteiger partial charge in [-0.25, -0.2) is 9.59 Å². The molecule has 0 unspecified atom stereocenters. The summed E-state index contributed by atoms with van der Waals surface area (Å²) < 4.78 is 10.3. The summed E-state index contributed by atoms with van der Waals surface area (Å²) in [4.78, 5) is 48.7. The van der Waals surface area contributed by atoms with Crippen LogP contribution in [0, 0.1) is 0 Å². The van der Waals surface area contributed by atoms with E-state index in [9.17, 15) is 19.2 Å². The van der Waals surface area contributed by atoms with E-state index in [2.05, 4.69) is 10.6 Å². The molecule has 0 saturated heterocycles. The molecule has 8 nitrogen and oxygen atoms in total. The minimum Gasteiger partial charge on any atom is -0.454 e. The lowest BCUT2D eigenvalue weighted by Gasteiger charge is -2.19. The fourth-order valence-corrected chi connectivity index (χ4v) is 3.08. The normalized spacial score (nSPS) is 10.8. The minimum atomic E-state index is -0.637. The van der Waals surface area contributed by atoms with Gasteiger partial charge in [-0.3, -0.25) is 9.59 Å². The number of hydrogen-bond donors (Lipinski definition) is 2. The molecule has 0 fully saturated rings. The van der Waals surface area contributed by atoms with Gasteiger partial charge in [-0.15, -0.1) is 0 Å². The number of carbonyl (C=O) groups is 4. The lowest BCUT2D eigenvalue weighted by molar-refractivity contribution is 0.0473. The molecule has 3 rings (SSSR count). The Labute approximate surface area is 209 Å². The number of ether oxygens (including phenoxy) is 2. The van der Waals surface area contributed by atoms with E-state index >= 15 is 0 Å². The first kappa shape index (κ1) is 26.2. The van der Waals surface area contributed by atoms with Crippen molar-refractivity contribution in [3.8, 4) is 0 Å². The van der Waals surface area contributed by atoms with Crippen molar-refractivity contribution < 1.29 is 28.7 Å². The van der Waals surface area contributed by atoms with Crippen molar-refractivity contribution in [2.75, 3.05) is 11.9 Å². The third-order valence-electron chi connectivity index (χ3n) is 4.86. The van der Waals surface area contributed by atoms with Crippen LogP contribution in [0.5, 0.6) is 0 Å². The van der Waals surface area contributed by atoms with E-state index in [0.29, 0.717) is 16.8 Å².